The van der Waals surface area contributed by atoms with Crippen LogP contribution in [0.4, 0.5) is 0 Å². The van der Waals surface area contributed by atoms with Crippen LogP contribution in [0.3, 0.4) is 0 Å². The van der Waals surface area contributed by atoms with Crippen LogP contribution in [0, 0.1) is 28.1 Å². The number of amides is 1. The van der Waals surface area contributed by atoms with Gasteiger partial charge in [-0.05, 0) is 61.2 Å². The molecule has 1 saturated carbocycles. The number of ketones is 1. The van der Waals surface area contributed by atoms with Crippen molar-refractivity contribution in [3.05, 3.63) is 12.2 Å². The zero-order chi connectivity index (χ0) is 19.5. The average molecular weight is 362 g/mol. The monoisotopic (exact) mass is 361 g/mol. The minimum atomic E-state index is -1.13. The van der Waals surface area contributed by atoms with E-state index in [2.05, 4.69) is 47.6 Å². The Morgan fingerprint density at radius 1 is 0.962 bits per heavy atom. The molecule has 4 nitrogen and oxygen atoms in total. The third-order valence-electron chi connectivity index (χ3n) is 7.42. The van der Waals surface area contributed by atoms with Crippen LogP contribution in [0.5, 0.6) is 0 Å². The van der Waals surface area contributed by atoms with Crippen LogP contribution in [0.15, 0.2) is 12.2 Å². The van der Waals surface area contributed by atoms with Gasteiger partial charge in [0.25, 0.3) is 5.91 Å². The number of nitrogens with zero attached hydrogens (tertiary/aromatic N) is 1. The van der Waals surface area contributed by atoms with Crippen molar-refractivity contribution in [1.82, 2.24) is 5.06 Å². The number of carbonyl (C=O) groups is 2. The number of hydrogen-bond acceptors (Lipinski definition) is 3. The predicted octanol–water partition coefficient (Wildman–Crippen LogP) is 4.76. The van der Waals surface area contributed by atoms with Crippen LogP contribution in [0.25, 0.3) is 0 Å². The third kappa shape index (κ3) is 2.76. The molecule has 1 aliphatic heterocycles. The van der Waals surface area contributed by atoms with Crippen LogP contribution in [-0.4, -0.2) is 27.5 Å². The molecule has 1 heterocycles. The Morgan fingerprint density at radius 2 is 1.54 bits per heavy atom. The Morgan fingerprint density at radius 3 is 1.96 bits per heavy atom. The van der Waals surface area contributed by atoms with Crippen molar-refractivity contribution in [2.45, 2.75) is 85.6 Å². The highest BCUT2D eigenvalue weighted by molar-refractivity contribution is 6.17. The molecule has 1 N–H and O–H groups in total. The maximum Gasteiger partial charge on any atom is 0.260 e. The Hall–Kier alpha value is -1.16. The highest BCUT2D eigenvalue weighted by Crippen LogP contribution is 2.54. The molecule has 2 atom stereocenters. The Labute approximate surface area is 158 Å². The SMILES string of the molecule is CC(C)(C)C1C=CC2(CC1)C(=O)C1(CCC(C(C)(C)C)CC1)C(=O)N2O. The number of allylic oxidation sites excluding steroid dienone is 1. The Bertz CT molecular complexity index is 629. The second kappa shape index (κ2) is 5.92. The second-order valence-electron chi connectivity index (χ2n) is 11.0. The lowest BCUT2D eigenvalue weighted by molar-refractivity contribution is -0.181. The van der Waals surface area contributed by atoms with Crippen molar-refractivity contribution in [2.75, 3.05) is 0 Å². The fraction of sp³-hybridized carbons (Fsp3) is 0.818. The zero-order valence-corrected chi connectivity index (χ0v) is 17.3. The standard InChI is InChI=1S/C22H35NO3/c1-19(2,3)15-7-11-21(12-8-15)17(24)22(23(26)18(21)25)13-9-16(10-14-22)20(4,5)6/h9,13,15-16,26H,7-8,10-12,14H2,1-6H3. The summed E-state index contributed by atoms with van der Waals surface area (Å²) in [5.74, 6) is 0.448. The Balaban J connectivity index is 1.87. The van der Waals surface area contributed by atoms with Crippen LogP contribution < -0.4 is 0 Å². The molecule has 0 aromatic heterocycles. The smallest absolute Gasteiger partial charge is 0.260 e. The molecule has 0 bridgehead atoms. The minimum absolute atomic E-state index is 0.0616. The second-order valence-corrected chi connectivity index (χ2v) is 11.0. The molecule has 0 radical (unpaired) electrons. The molecular weight excluding hydrogens is 326 g/mol. The van der Waals surface area contributed by atoms with E-state index < -0.39 is 11.0 Å². The van der Waals surface area contributed by atoms with E-state index in [0.29, 0.717) is 31.1 Å². The number of rotatable bonds is 0. The first kappa shape index (κ1) is 19.6. The summed E-state index contributed by atoms with van der Waals surface area (Å²) in [6.07, 6.45) is 8.12. The van der Waals surface area contributed by atoms with Gasteiger partial charge in [-0.15, -0.1) is 0 Å². The summed E-state index contributed by atoms with van der Waals surface area (Å²) in [5.41, 5.74) is -1.83. The number of carbonyl (C=O) groups excluding carboxylic acids is 2. The molecule has 2 unspecified atom stereocenters. The van der Waals surface area contributed by atoms with E-state index in [1.807, 2.05) is 6.08 Å². The topological polar surface area (TPSA) is 57.6 Å². The fourth-order valence-corrected chi connectivity index (χ4v) is 5.33. The summed E-state index contributed by atoms with van der Waals surface area (Å²) < 4.78 is 0. The molecule has 4 heteroatoms. The van der Waals surface area contributed by atoms with Gasteiger partial charge in [0.15, 0.2) is 5.78 Å². The van der Waals surface area contributed by atoms with Crippen LogP contribution in [0.2, 0.25) is 0 Å². The Kier molecular flexibility index (Phi) is 4.46. The van der Waals surface area contributed by atoms with Crippen molar-refractivity contribution in [3.63, 3.8) is 0 Å². The third-order valence-corrected chi connectivity index (χ3v) is 7.42. The molecule has 0 aromatic carbocycles. The minimum Gasteiger partial charge on any atom is -0.295 e. The highest BCUT2D eigenvalue weighted by Gasteiger charge is 2.66. The lowest BCUT2D eigenvalue weighted by atomic mass is 9.60. The molecule has 1 saturated heterocycles. The molecule has 2 aliphatic carbocycles. The van der Waals surface area contributed by atoms with Crippen LogP contribution >= 0.6 is 0 Å². The van der Waals surface area contributed by atoms with Crippen molar-refractivity contribution in [1.29, 1.82) is 0 Å². The molecule has 0 aromatic rings. The molecule has 2 spiro atoms. The van der Waals surface area contributed by atoms with Gasteiger partial charge in [0, 0.05) is 0 Å². The molecule has 3 rings (SSSR count). The number of hydroxylamine groups is 2. The van der Waals surface area contributed by atoms with E-state index in [1.54, 1.807) is 0 Å². The fourth-order valence-electron chi connectivity index (χ4n) is 5.33. The molecular formula is C22H35NO3. The van der Waals surface area contributed by atoms with E-state index in [9.17, 15) is 14.8 Å². The summed E-state index contributed by atoms with van der Waals surface area (Å²) in [7, 11) is 0. The molecule has 2 fully saturated rings. The maximum absolute atomic E-state index is 13.5. The van der Waals surface area contributed by atoms with Gasteiger partial charge in [-0.3, -0.25) is 14.8 Å². The first-order chi connectivity index (χ1) is 11.8. The number of hydrogen-bond donors (Lipinski definition) is 1. The predicted molar refractivity (Wildman–Crippen MR) is 102 cm³/mol. The van der Waals surface area contributed by atoms with Crippen molar-refractivity contribution >= 4 is 11.7 Å². The van der Waals surface area contributed by atoms with Gasteiger partial charge in [0.1, 0.15) is 11.0 Å². The molecule has 1 amide bonds. The van der Waals surface area contributed by atoms with Gasteiger partial charge < -0.3 is 0 Å². The van der Waals surface area contributed by atoms with E-state index in [0.717, 1.165) is 24.3 Å². The number of Topliss-reactive ketones (excluding diaryl/α,β-unsaturated/α-hetero) is 1. The van der Waals surface area contributed by atoms with Gasteiger partial charge in [-0.1, -0.05) is 53.7 Å². The summed E-state index contributed by atoms with van der Waals surface area (Å²) in [4.78, 5) is 26.5. The summed E-state index contributed by atoms with van der Waals surface area (Å²) >= 11 is 0. The molecule has 146 valence electrons. The van der Waals surface area contributed by atoms with Gasteiger partial charge in [0.2, 0.25) is 0 Å². The van der Waals surface area contributed by atoms with E-state index in [1.165, 1.54) is 0 Å². The van der Waals surface area contributed by atoms with Crippen molar-refractivity contribution in [2.24, 2.45) is 28.1 Å². The first-order valence-electron chi connectivity index (χ1n) is 10.1. The highest BCUT2D eigenvalue weighted by atomic mass is 16.5. The van der Waals surface area contributed by atoms with Crippen molar-refractivity contribution in [3.8, 4) is 0 Å². The first-order valence-corrected chi connectivity index (χ1v) is 10.1. The quantitative estimate of drug-likeness (QED) is 0.384. The van der Waals surface area contributed by atoms with Gasteiger partial charge in [0.05, 0.1) is 0 Å². The van der Waals surface area contributed by atoms with Crippen LogP contribution in [-0.2, 0) is 9.59 Å². The lowest BCUT2D eigenvalue weighted by Gasteiger charge is -2.41. The summed E-state index contributed by atoms with van der Waals surface area (Å²) in [6.45, 7) is 13.2. The zero-order valence-electron chi connectivity index (χ0n) is 17.3. The van der Waals surface area contributed by atoms with Gasteiger partial charge in [-0.25, -0.2) is 5.06 Å². The largest absolute Gasteiger partial charge is 0.295 e. The average Bonchev–Trinajstić information content (AvgIpc) is 2.69. The van der Waals surface area contributed by atoms with Crippen LogP contribution in [0.1, 0.15) is 80.1 Å². The molecule has 26 heavy (non-hydrogen) atoms. The molecule has 3 aliphatic rings. The van der Waals surface area contributed by atoms with E-state index >= 15 is 0 Å². The normalized spacial score (nSPS) is 38.7. The van der Waals surface area contributed by atoms with E-state index in [4.69, 9.17) is 0 Å². The van der Waals surface area contributed by atoms with E-state index in [-0.39, 0.29) is 22.5 Å². The lowest BCUT2D eigenvalue weighted by Crippen LogP contribution is -2.49. The van der Waals surface area contributed by atoms with Crippen molar-refractivity contribution < 1.29 is 14.8 Å². The van der Waals surface area contributed by atoms with Gasteiger partial charge >= 0.3 is 0 Å². The summed E-state index contributed by atoms with van der Waals surface area (Å²) in [5, 5.41) is 11.5. The van der Waals surface area contributed by atoms with Gasteiger partial charge in [-0.2, -0.15) is 0 Å². The summed E-state index contributed by atoms with van der Waals surface area (Å²) in [6, 6.07) is 0. The maximum atomic E-state index is 13.5.